The Kier molecular flexibility index (Phi) is 3.52. The number of hydrogen-bond acceptors (Lipinski definition) is 4. The number of nitrogen functional groups attached to an aromatic ring is 1. The number of hydrogen-bond donors (Lipinski definition) is 1. The summed E-state index contributed by atoms with van der Waals surface area (Å²) in [5.74, 6) is -0.119. The lowest BCUT2D eigenvalue weighted by atomic mass is 10.2. The van der Waals surface area contributed by atoms with Gasteiger partial charge in [-0.2, -0.15) is 0 Å². The molecule has 0 aliphatic heterocycles. The van der Waals surface area contributed by atoms with Crippen LogP contribution in [-0.2, 0) is 6.54 Å². The van der Waals surface area contributed by atoms with Gasteiger partial charge in [0.15, 0.2) is 0 Å². The standard InChI is InChI=1S/C13H14N4O/c1-17(9-10-2-5-15-6-3-10)13(18)11-4-7-16-8-12(11)14/h2-8H,9,14H2,1H3. The minimum atomic E-state index is -0.119. The van der Waals surface area contributed by atoms with Gasteiger partial charge in [0.25, 0.3) is 5.91 Å². The highest BCUT2D eigenvalue weighted by Crippen LogP contribution is 2.12. The molecule has 1 amide bonds. The smallest absolute Gasteiger partial charge is 0.256 e. The second-order valence-corrected chi connectivity index (χ2v) is 3.98. The van der Waals surface area contributed by atoms with Gasteiger partial charge in [0.2, 0.25) is 0 Å². The summed E-state index contributed by atoms with van der Waals surface area (Å²) in [5.41, 5.74) is 7.62. The quantitative estimate of drug-likeness (QED) is 0.881. The summed E-state index contributed by atoms with van der Waals surface area (Å²) < 4.78 is 0. The normalized spacial score (nSPS) is 10.1. The predicted molar refractivity (Wildman–Crippen MR) is 68.7 cm³/mol. The first-order valence-corrected chi connectivity index (χ1v) is 5.52. The van der Waals surface area contributed by atoms with E-state index >= 15 is 0 Å². The third-order valence-corrected chi connectivity index (χ3v) is 2.60. The van der Waals surface area contributed by atoms with Gasteiger partial charge in [0, 0.05) is 32.2 Å². The van der Waals surface area contributed by atoms with E-state index in [-0.39, 0.29) is 5.91 Å². The van der Waals surface area contributed by atoms with Crippen molar-refractivity contribution >= 4 is 11.6 Å². The third-order valence-electron chi connectivity index (χ3n) is 2.60. The highest BCUT2D eigenvalue weighted by molar-refractivity contribution is 5.98. The molecule has 2 aromatic heterocycles. The molecule has 5 nitrogen and oxygen atoms in total. The number of carbonyl (C=O) groups excluding carboxylic acids is 1. The van der Waals surface area contributed by atoms with Gasteiger partial charge in [-0.3, -0.25) is 14.8 Å². The van der Waals surface area contributed by atoms with E-state index in [1.165, 1.54) is 6.20 Å². The molecule has 2 heterocycles. The average Bonchev–Trinajstić information content (AvgIpc) is 2.39. The molecule has 0 atom stereocenters. The highest BCUT2D eigenvalue weighted by Gasteiger charge is 2.14. The van der Waals surface area contributed by atoms with E-state index in [0.29, 0.717) is 17.8 Å². The van der Waals surface area contributed by atoms with Gasteiger partial charge < -0.3 is 10.6 Å². The van der Waals surface area contributed by atoms with E-state index in [9.17, 15) is 4.79 Å². The lowest BCUT2D eigenvalue weighted by molar-refractivity contribution is 0.0786. The zero-order valence-electron chi connectivity index (χ0n) is 10.1. The number of nitrogens with two attached hydrogens (primary N) is 1. The summed E-state index contributed by atoms with van der Waals surface area (Å²) >= 11 is 0. The fourth-order valence-corrected chi connectivity index (χ4v) is 1.64. The maximum atomic E-state index is 12.2. The molecular formula is C13H14N4O. The average molecular weight is 242 g/mol. The first-order chi connectivity index (χ1) is 8.68. The predicted octanol–water partition coefficient (Wildman–Crippen LogP) is 1.33. The van der Waals surface area contributed by atoms with Crippen molar-refractivity contribution in [2.45, 2.75) is 6.54 Å². The molecule has 0 radical (unpaired) electrons. The Bertz CT molecular complexity index is 542. The van der Waals surface area contributed by atoms with Crippen LogP contribution in [0.25, 0.3) is 0 Å². The van der Waals surface area contributed by atoms with Crippen molar-refractivity contribution in [1.82, 2.24) is 14.9 Å². The number of carbonyl (C=O) groups is 1. The van der Waals surface area contributed by atoms with Crippen LogP contribution in [0.1, 0.15) is 15.9 Å². The molecule has 0 unspecified atom stereocenters. The molecule has 0 aliphatic carbocycles. The SMILES string of the molecule is CN(Cc1ccncc1)C(=O)c1ccncc1N. The highest BCUT2D eigenvalue weighted by atomic mass is 16.2. The van der Waals surface area contributed by atoms with Crippen molar-refractivity contribution < 1.29 is 4.79 Å². The van der Waals surface area contributed by atoms with Crippen LogP contribution in [0.15, 0.2) is 43.0 Å². The van der Waals surface area contributed by atoms with E-state index < -0.39 is 0 Å². The molecule has 92 valence electrons. The van der Waals surface area contributed by atoms with Crippen molar-refractivity contribution in [2.75, 3.05) is 12.8 Å². The Morgan fingerprint density at radius 3 is 2.56 bits per heavy atom. The second kappa shape index (κ2) is 5.27. The number of anilines is 1. The molecule has 0 aliphatic rings. The molecule has 2 N–H and O–H groups in total. The number of rotatable bonds is 3. The number of pyridine rings is 2. The molecule has 0 fully saturated rings. The van der Waals surface area contributed by atoms with Crippen LogP contribution >= 0.6 is 0 Å². The molecule has 0 saturated heterocycles. The van der Waals surface area contributed by atoms with Crippen molar-refractivity contribution in [3.05, 3.63) is 54.1 Å². The molecule has 2 rings (SSSR count). The van der Waals surface area contributed by atoms with Crippen molar-refractivity contribution in [3.8, 4) is 0 Å². The van der Waals surface area contributed by atoms with Crippen LogP contribution in [0.5, 0.6) is 0 Å². The largest absolute Gasteiger partial charge is 0.397 e. The van der Waals surface area contributed by atoms with Gasteiger partial charge in [-0.1, -0.05) is 0 Å². The fraction of sp³-hybridized carbons (Fsp3) is 0.154. The van der Waals surface area contributed by atoms with Crippen molar-refractivity contribution in [2.24, 2.45) is 0 Å². The van der Waals surface area contributed by atoms with Gasteiger partial charge in [-0.15, -0.1) is 0 Å². The molecular weight excluding hydrogens is 228 g/mol. The molecule has 0 aromatic carbocycles. The van der Waals surface area contributed by atoms with Gasteiger partial charge in [0.05, 0.1) is 17.4 Å². The first kappa shape index (κ1) is 12.0. The molecule has 5 heteroatoms. The maximum Gasteiger partial charge on any atom is 0.256 e. The summed E-state index contributed by atoms with van der Waals surface area (Å²) in [6.07, 6.45) is 6.44. The van der Waals surface area contributed by atoms with Crippen LogP contribution < -0.4 is 5.73 Å². The minimum absolute atomic E-state index is 0.119. The lowest BCUT2D eigenvalue weighted by Crippen LogP contribution is -2.27. The summed E-state index contributed by atoms with van der Waals surface area (Å²) in [4.78, 5) is 21.6. The Labute approximate surface area is 105 Å². The van der Waals surface area contributed by atoms with E-state index in [1.807, 2.05) is 12.1 Å². The van der Waals surface area contributed by atoms with Crippen molar-refractivity contribution in [1.29, 1.82) is 0 Å². The van der Waals surface area contributed by atoms with E-state index in [2.05, 4.69) is 9.97 Å². The summed E-state index contributed by atoms with van der Waals surface area (Å²) in [6.45, 7) is 0.517. The van der Waals surface area contributed by atoms with Gasteiger partial charge in [-0.25, -0.2) is 0 Å². The molecule has 0 spiro atoms. The van der Waals surface area contributed by atoms with Crippen LogP contribution in [0, 0.1) is 0 Å². The van der Waals surface area contributed by atoms with Gasteiger partial charge in [0.1, 0.15) is 0 Å². The van der Waals surface area contributed by atoms with Crippen molar-refractivity contribution in [3.63, 3.8) is 0 Å². The Morgan fingerprint density at radius 2 is 1.89 bits per heavy atom. The molecule has 0 saturated carbocycles. The van der Waals surface area contributed by atoms with E-state index in [0.717, 1.165) is 5.56 Å². The zero-order chi connectivity index (χ0) is 13.0. The van der Waals surface area contributed by atoms with Gasteiger partial charge in [-0.05, 0) is 23.8 Å². The summed E-state index contributed by atoms with van der Waals surface area (Å²) in [6, 6.07) is 5.38. The van der Waals surface area contributed by atoms with Crippen LogP contribution in [0.4, 0.5) is 5.69 Å². The molecule has 2 aromatic rings. The minimum Gasteiger partial charge on any atom is -0.397 e. The Balaban J connectivity index is 2.13. The Hall–Kier alpha value is -2.43. The van der Waals surface area contributed by atoms with Crippen LogP contribution in [0.2, 0.25) is 0 Å². The monoisotopic (exact) mass is 242 g/mol. The fourth-order valence-electron chi connectivity index (χ4n) is 1.64. The molecule has 18 heavy (non-hydrogen) atoms. The van der Waals surface area contributed by atoms with E-state index in [4.69, 9.17) is 5.73 Å². The van der Waals surface area contributed by atoms with Crippen LogP contribution in [0.3, 0.4) is 0 Å². The number of aromatic nitrogens is 2. The van der Waals surface area contributed by atoms with Crippen LogP contribution in [-0.4, -0.2) is 27.8 Å². The zero-order valence-corrected chi connectivity index (χ0v) is 10.1. The lowest BCUT2D eigenvalue weighted by Gasteiger charge is -2.17. The Morgan fingerprint density at radius 1 is 1.22 bits per heavy atom. The number of amides is 1. The molecule has 0 bridgehead atoms. The number of nitrogens with zero attached hydrogens (tertiary/aromatic N) is 3. The topological polar surface area (TPSA) is 72.1 Å². The van der Waals surface area contributed by atoms with Gasteiger partial charge >= 0.3 is 0 Å². The summed E-state index contributed by atoms with van der Waals surface area (Å²) in [7, 11) is 1.74. The van der Waals surface area contributed by atoms with E-state index in [1.54, 1.807) is 36.6 Å². The first-order valence-electron chi connectivity index (χ1n) is 5.52. The maximum absolute atomic E-state index is 12.2. The third kappa shape index (κ3) is 2.63. The summed E-state index contributed by atoms with van der Waals surface area (Å²) in [5, 5.41) is 0. The second-order valence-electron chi connectivity index (χ2n) is 3.98.